The Kier molecular flexibility index (Phi) is 6.84. The van der Waals surface area contributed by atoms with Gasteiger partial charge in [-0.3, -0.25) is 9.59 Å². The quantitative estimate of drug-likeness (QED) is 0.359. The second-order valence-corrected chi connectivity index (χ2v) is 11.0. The van der Waals surface area contributed by atoms with Crippen LogP contribution < -0.4 is 11.1 Å². The van der Waals surface area contributed by atoms with Crippen molar-refractivity contribution in [2.75, 3.05) is 37.4 Å². The fourth-order valence-electron chi connectivity index (χ4n) is 5.58. The topological polar surface area (TPSA) is 128 Å². The second-order valence-electron chi connectivity index (χ2n) is 11.0. The normalized spacial score (nSPS) is 18.5. The number of rotatable bonds is 5. The molecule has 2 aliphatic heterocycles. The van der Waals surface area contributed by atoms with E-state index in [4.69, 9.17) is 10.5 Å². The van der Waals surface area contributed by atoms with Crippen molar-refractivity contribution in [2.45, 2.75) is 31.9 Å². The third-order valence-corrected chi connectivity index (χ3v) is 7.88. The highest BCUT2D eigenvalue weighted by Gasteiger charge is 2.44. The number of piperidine rings is 1. The molecule has 5 heterocycles. The van der Waals surface area contributed by atoms with Crippen LogP contribution in [0, 0.1) is 5.41 Å². The summed E-state index contributed by atoms with van der Waals surface area (Å²) < 4.78 is 46.2. The average molecular weight is 580 g/mol. The Morgan fingerprint density at radius 1 is 1.12 bits per heavy atom. The van der Waals surface area contributed by atoms with Crippen LogP contribution in [-0.2, 0) is 15.7 Å². The molecule has 42 heavy (non-hydrogen) atoms. The van der Waals surface area contributed by atoms with E-state index in [-0.39, 0.29) is 29.0 Å². The van der Waals surface area contributed by atoms with Crippen molar-refractivity contribution >= 4 is 29.0 Å². The minimum atomic E-state index is -4.55. The Bertz CT molecular complexity index is 1670. The summed E-state index contributed by atoms with van der Waals surface area (Å²) in [4.78, 5) is 35.9. The molecule has 1 aromatic carbocycles. The molecule has 1 atom stereocenters. The van der Waals surface area contributed by atoms with Gasteiger partial charge in [-0.25, -0.2) is 14.5 Å². The number of fused-ring (bicyclic) bond motifs is 1. The average Bonchev–Trinajstić information content (AvgIpc) is 3.36. The molecule has 1 unspecified atom stereocenters. The zero-order valence-electron chi connectivity index (χ0n) is 22.7. The number of benzene rings is 1. The van der Waals surface area contributed by atoms with Crippen molar-refractivity contribution in [1.82, 2.24) is 24.5 Å². The highest BCUT2D eigenvalue weighted by atomic mass is 19.4. The number of halogens is 3. The molecule has 218 valence electrons. The summed E-state index contributed by atoms with van der Waals surface area (Å²) in [6.07, 6.45) is -0.448. The summed E-state index contributed by atoms with van der Waals surface area (Å²) in [6.45, 7) is 4.03. The molecule has 2 fully saturated rings. The molecular formula is C29H28F3N7O3. The number of nitrogens with two attached hydrogens (primary N) is 1. The van der Waals surface area contributed by atoms with Crippen molar-refractivity contribution in [3.8, 4) is 11.1 Å². The number of aromatic nitrogens is 4. The van der Waals surface area contributed by atoms with Gasteiger partial charge in [0.05, 0.1) is 24.2 Å². The first-order chi connectivity index (χ1) is 20.0. The van der Waals surface area contributed by atoms with Crippen molar-refractivity contribution in [2.24, 2.45) is 5.41 Å². The molecule has 3 N–H and O–H groups in total. The number of hydrogen-bond donors (Lipinski definition) is 2. The van der Waals surface area contributed by atoms with Crippen LogP contribution in [0.15, 0.2) is 55.0 Å². The van der Waals surface area contributed by atoms with Gasteiger partial charge in [0.2, 0.25) is 5.91 Å². The Morgan fingerprint density at radius 2 is 1.88 bits per heavy atom. The van der Waals surface area contributed by atoms with Gasteiger partial charge >= 0.3 is 6.18 Å². The van der Waals surface area contributed by atoms with Crippen LogP contribution in [0.25, 0.3) is 16.6 Å². The van der Waals surface area contributed by atoms with E-state index < -0.39 is 23.1 Å². The maximum Gasteiger partial charge on any atom is 0.416 e. The van der Waals surface area contributed by atoms with E-state index in [1.54, 1.807) is 28.8 Å². The van der Waals surface area contributed by atoms with Crippen LogP contribution in [-0.4, -0.2) is 62.6 Å². The molecule has 3 aromatic heterocycles. The third-order valence-electron chi connectivity index (χ3n) is 7.88. The lowest BCUT2D eigenvalue weighted by molar-refractivity contribution is -0.169. The van der Waals surface area contributed by atoms with Crippen LogP contribution in [0.4, 0.5) is 24.8 Å². The summed E-state index contributed by atoms with van der Waals surface area (Å²) in [6, 6.07) is 10.2. The van der Waals surface area contributed by atoms with Gasteiger partial charge in [-0.05, 0) is 55.7 Å². The van der Waals surface area contributed by atoms with Gasteiger partial charge in [0.15, 0.2) is 5.82 Å². The summed E-state index contributed by atoms with van der Waals surface area (Å²) in [5.41, 5.74) is 8.17. The number of alkyl halides is 3. The molecule has 2 aliphatic rings. The number of hydrogen-bond acceptors (Lipinski definition) is 7. The zero-order valence-corrected chi connectivity index (χ0v) is 22.7. The molecule has 0 bridgehead atoms. The number of pyridine rings is 1. The van der Waals surface area contributed by atoms with Gasteiger partial charge in [0.25, 0.3) is 5.91 Å². The van der Waals surface area contributed by atoms with Gasteiger partial charge in [-0.1, -0.05) is 12.1 Å². The molecule has 2 amide bonds. The van der Waals surface area contributed by atoms with Crippen molar-refractivity contribution in [3.05, 3.63) is 71.8 Å². The Labute approximate surface area is 238 Å². The van der Waals surface area contributed by atoms with Crippen LogP contribution in [0.2, 0.25) is 0 Å². The van der Waals surface area contributed by atoms with Crippen molar-refractivity contribution < 1.29 is 27.5 Å². The molecule has 0 spiro atoms. The lowest BCUT2D eigenvalue weighted by Crippen LogP contribution is -2.55. The fourth-order valence-corrected chi connectivity index (χ4v) is 5.58. The Morgan fingerprint density at radius 3 is 2.57 bits per heavy atom. The number of anilines is 2. The smallest absolute Gasteiger partial charge is 0.382 e. The minimum Gasteiger partial charge on any atom is -0.382 e. The molecule has 2 saturated heterocycles. The first-order valence-corrected chi connectivity index (χ1v) is 13.5. The predicted molar refractivity (Wildman–Crippen MR) is 148 cm³/mol. The van der Waals surface area contributed by atoms with Crippen LogP contribution >= 0.6 is 0 Å². The van der Waals surface area contributed by atoms with E-state index in [0.717, 1.165) is 48.0 Å². The lowest BCUT2D eigenvalue weighted by Gasteiger charge is -2.43. The van der Waals surface area contributed by atoms with Crippen molar-refractivity contribution in [3.63, 3.8) is 0 Å². The van der Waals surface area contributed by atoms with E-state index in [1.807, 2.05) is 17.9 Å². The highest BCUT2D eigenvalue weighted by Crippen LogP contribution is 2.38. The molecule has 13 heteroatoms. The Balaban J connectivity index is 1.26. The zero-order chi connectivity index (χ0) is 29.6. The number of ether oxygens (including phenoxy) is 1. The first kappa shape index (κ1) is 27.6. The maximum absolute atomic E-state index is 13.2. The number of amides is 2. The van der Waals surface area contributed by atoms with E-state index in [9.17, 15) is 22.8 Å². The van der Waals surface area contributed by atoms with E-state index in [2.05, 4.69) is 20.4 Å². The molecule has 10 nitrogen and oxygen atoms in total. The number of nitrogens with zero attached hydrogens (tertiary/aromatic N) is 5. The van der Waals surface area contributed by atoms with Gasteiger partial charge < -0.3 is 20.7 Å². The second kappa shape index (κ2) is 10.4. The van der Waals surface area contributed by atoms with E-state index >= 15 is 0 Å². The molecule has 6 rings (SSSR count). The molecule has 4 aromatic rings. The predicted octanol–water partition coefficient (Wildman–Crippen LogP) is 4.39. The van der Waals surface area contributed by atoms with Crippen LogP contribution in [0.3, 0.4) is 0 Å². The monoisotopic (exact) mass is 579 g/mol. The lowest BCUT2D eigenvalue weighted by atomic mass is 9.85. The molecule has 0 radical (unpaired) electrons. The van der Waals surface area contributed by atoms with Crippen molar-refractivity contribution in [1.29, 1.82) is 0 Å². The van der Waals surface area contributed by atoms with E-state index in [0.29, 0.717) is 31.8 Å². The van der Waals surface area contributed by atoms with Crippen LogP contribution in [0.1, 0.15) is 47.3 Å². The summed E-state index contributed by atoms with van der Waals surface area (Å²) in [5, 5.41) is 6.89. The highest BCUT2D eigenvalue weighted by molar-refractivity contribution is 6.04. The SMILES string of the molecule is CC1(C(=O)N2CCCC(c3cc(-c4ccc(C(=O)Nc5cc(C(F)(F)F)ccn5)cc4)c4c(N)ncnn34)C2)COC1. The van der Waals surface area contributed by atoms with Crippen LogP contribution in [0.5, 0.6) is 0 Å². The number of nitrogens with one attached hydrogen (secondary N) is 1. The fraction of sp³-hybridized carbons (Fsp3) is 0.345. The molecule has 0 saturated carbocycles. The van der Waals surface area contributed by atoms with Gasteiger partial charge in [0.1, 0.15) is 17.7 Å². The van der Waals surface area contributed by atoms with Gasteiger partial charge in [0, 0.05) is 42.0 Å². The summed E-state index contributed by atoms with van der Waals surface area (Å²) in [7, 11) is 0. The van der Waals surface area contributed by atoms with Gasteiger partial charge in [-0.2, -0.15) is 18.3 Å². The number of carbonyl (C=O) groups excluding carboxylic acids is 2. The third kappa shape index (κ3) is 5.04. The minimum absolute atomic E-state index is 0.0212. The largest absolute Gasteiger partial charge is 0.416 e. The van der Waals surface area contributed by atoms with E-state index in [1.165, 1.54) is 6.33 Å². The summed E-state index contributed by atoms with van der Waals surface area (Å²) >= 11 is 0. The number of likely N-dealkylation sites (tertiary alicyclic amines) is 1. The summed E-state index contributed by atoms with van der Waals surface area (Å²) in [5.74, 6) is -0.399. The standard InChI is InChI=1S/C29H28F3N7O3/c1-28(14-42-15-28)27(41)38-10-2-3-19(13-38)22-12-21(24-25(33)35-16-36-39(22)24)17-4-6-18(7-5-17)26(40)37-23-11-20(8-9-34-23)29(30,31)32/h4-9,11-12,16,19H,2-3,10,13-15H2,1H3,(H2,33,35,36)(H,34,37,40). The van der Waals surface area contributed by atoms with Gasteiger partial charge in [-0.15, -0.1) is 0 Å². The molecule has 0 aliphatic carbocycles. The number of carbonyl (C=O) groups is 2. The Hall–Kier alpha value is -4.52. The molecular weight excluding hydrogens is 551 g/mol. The maximum atomic E-state index is 13.2. The number of nitrogen functional groups attached to an aromatic ring is 1. The first-order valence-electron chi connectivity index (χ1n) is 13.5.